The third kappa shape index (κ3) is 10.2. The number of phenolic OH excluding ortho intramolecular Hbond substituents is 1. The van der Waals surface area contributed by atoms with E-state index in [1.807, 2.05) is 12.1 Å². The SMILES string of the molecule is Oc1ccc(C2(c3ccc(Cc4ccccc4CC[Si]45O[Si]6(C7CCCC7)O[Si]7(C8CCCC8)O[Si](C8CCCC8)(O4)O[Si]4(C8CCCC8)O[Si](C8CCCC8)(O5)O[Si](C5CCCC5)(O6)O[Si](C5CCCC5)(O7)O4)cc3)c3cc(Br)ccc3-c3ccc(Br)cc32)cc1. The van der Waals surface area contributed by atoms with E-state index in [4.69, 9.17) is 49.4 Å². The van der Waals surface area contributed by atoms with Crippen LogP contribution in [0.1, 0.15) is 219 Å². The normalized spacial score (nSPS) is 36.7. The summed E-state index contributed by atoms with van der Waals surface area (Å²) in [5, 5.41) is 10.7. The number of benzene rings is 5. The monoisotopic (exact) mass is 1510 g/mol. The van der Waals surface area contributed by atoms with Gasteiger partial charge in [0.1, 0.15) is 5.75 Å². The van der Waals surface area contributed by atoms with Crippen LogP contribution in [0.5, 0.6) is 5.75 Å². The summed E-state index contributed by atoms with van der Waals surface area (Å²) in [5.41, 5.74) is 10.1. The van der Waals surface area contributed by atoms with Gasteiger partial charge in [0, 0.05) is 53.8 Å². The van der Waals surface area contributed by atoms with Crippen LogP contribution >= 0.6 is 31.9 Å². The molecular weight excluding hydrogens is 1420 g/mol. The van der Waals surface area contributed by atoms with Crippen molar-refractivity contribution in [1.82, 2.24) is 0 Å². The van der Waals surface area contributed by atoms with Gasteiger partial charge in [0.05, 0.1) is 5.41 Å². The zero-order valence-corrected chi connectivity index (χ0v) is 64.1. The number of rotatable bonds is 14. The third-order valence-corrected chi connectivity index (χ3v) is 64.9. The summed E-state index contributed by atoms with van der Waals surface area (Å²) in [6, 6.07) is 39.9. The Kier molecular flexibility index (Phi) is 16.2. The molecule has 0 amide bonds. The van der Waals surface area contributed by atoms with Crippen LogP contribution in [0.15, 0.2) is 118 Å². The Morgan fingerprint density at radius 3 is 0.967 bits per heavy atom. The summed E-state index contributed by atoms with van der Waals surface area (Å²) in [4.78, 5) is 0. The fourth-order valence-electron chi connectivity index (χ4n) is 19.9. The van der Waals surface area contributed by atoms with Crippen LogP contribution in [0.3, 0.4) is 0 Å². The Labute approximate surface area is 569 Å². The Morgan fingerprint density at radius 2 is 0.641 bits per heavy atom. The first kappa shape index (κ1) is 62.4. The molecule has 8 bridgehead atoms. The van der Waals surface area contributed by atoms with Gasteiger partial charge in [0.15, 0.2) is 0 Å². The molecule has 1 N–H and O–H groups in total. The van der Waals surface area contributed by atoms with Crippen molar-refractivity contribution in [3.63, 3.8) is 0 Å². The van der Waals surface area contributed by atoms with Gasteiger partial charge in [0.2, 0.25) is 0 Å². The predicted octanol–water partition coefficient (Wildman–Crippen LogP) is 18.8. The summed E-state index contributed by atoms with van der Waals surface area (Å²) in [6.45, 7) is 0. The highest BCUT2D eigenvalue weighted by Gasteiger charge is 2.88. The third-order valence-electron chi connectivity index (χ3n) is 24.4. The van der Waals surface area contributed by atoms with E-state index in [0.717, 1.165) is 206 Å². The van der Waals surface area contributed by atoms with E-state index >= 15 is 0 Å². The summed E-state index contributed by atoms with van der Waals surface area (Å²) in [6.07, 6.45) is 29.6. The molecule has 13 nitrogen and oxygen atoms in total. The number of phenols is 1. The lowest BCUT2D eigenvalue weighted by Crippen LogP contribution is -2.90. The van der Waals surface area contributed by atoms with E-state index in [0.29, 0.717) is 12.5 Å². The van der Waals surface area contributed by atoms with Crippen LogP contribution in [0.4, 0.5) is 0 Å². The molecule has 13 fully saturated rings. The first-order valence-corrected chi connectivity index (χ1v) is 52.0. The van der Waals surface area contributed by atoms with Gasteiger partial charge in [-0.3, -0.25) is 0 Å². The maximum absolute atomic E-state index is 10.7. The second kappa shape index (κ2) is 23.9. The minimum absolute atomic E-state index is 0.00778. The predicted molar refractivity (Wildman–Crippen MR) is 373 cm³/mol. The quantitative estimate of drug-likeness (QED) is 0.104. The lowest BCUT2D eigenvalue weighted by atomic mass is 9.67. The fraction of sp³-hybridized carbons (Fsp3) is 0.565. The highest BCUT2D eigenvalue weighted by molar-refractivity contribution is 9.10. The Bertz CT molecular complexity index is 3360. The van der Waals surface area contributed by atoms with E-state index in [1.54, 1.807) is 0 Å². The molecule has 6 saturated heterocycles. The Morgan fingerprint density at radius 1 is 0.348 bits per heavy atom. The van der Waals surface area contributed by atoms with Gasteiger partial charge in [0.25, 0.3) is 0 Å². The van der Waals surface area contributed by atoms with Crippen LogP contribution in [-0.4, -0.2) is 75.5 Å². The molecule has 92 heavy (non-hydrogen) atoms. The molecule has 6 aliphatic heterocycles. The second-order valence-electron chi connectivity index (χ2n) is 29.8. The molecular formula is C69H88Br2O13Si8. The van der Waals surface area contributed by atoms with E-state index in [-0.39, 0.29) is 44.5 Å². The number of aromatic hydroxyl groups is 1. The molecule has 14 aliphatic rings. The summed E-state index contributed by atoms with van der Waals surface area (Å²) in [7, 11) is -32.8. The van der Waals surface area contributed by atoms with Gasteiger partial charge < -0.3 is 54.5 Å². The minimum atomic E-state index is -4.24. The molecule has 23 heteroatoms. The lowest BCUT2D eigenvalue weighted by Gasteiger charge is -2.66. The molecule has 19 rings (SSSR count). The van der Waals surface area contributed by atoms with E-state index in [2.05, 4.69) is 129 Å². The van der Waals surface area contributed by atoms with Crippen molar-refractivity contribution in [2.75, 3.05) is 0 Å². The second-order valence-corrected chi connectivity index (χ2v) is 57.5. The Hall–Kier alpha value is -1.88. The molecule has 0 spiro atoms. The number of fused-ring (bicyclic) bond motifs is 3. The first-order valence-electron chi connectivity index (χ1n) is 35.8. The van der Waals surface area contributed by atoms with Crippen molar-refractivity contribution < 1.29 is 54.5 Å². The van der Waals surface area contributed by atoms with Gasteiger partial charge in [-0.25, -0.2) is 0 Å². The molecule has 488 valence electrons. The first-order chi connectivity index (χ1) is 44.9. The standard InChI is InChI=1S/C69H88Br2O13Si8/c70-55-39-43-65-66-44-40-56(71)49-68(66)69(67(65)48-55,54-37-41-57(72)42-38-54)53-35-33-50(34-36-53)47-52-18-2-1-17-51(52)45-46-85-73-86(58-19-3-4-20-58)76-89(61-25-9-10-26-61)78-87(74-85,59-21-5-6-22-59)80-91(63-29-13-14-30-63)81-88(75-85,60-23-7-8-24-60)79-90(77-86,62-27-11-12-28-62)83-92(82-89,84-91)64-31-15-16-32-64/h1-2,17-18,33-44,48-49,58-64,72H,3-16,19-32,45-47H2. The van der Waals surface area contributed by atoms with Crippen molar-refractivity contribution >= 4 is 102 Å². The van der Waals surface area contributed by atoms with Crippen molar-refractivity contribution in [2.45, 2.75) is 243 Å². The van der Waals surface area contributed by atoms with Gasteiger partial charge in [-0.1, -0.05) is 195 Å². The van der Waals surface area contributed by atoms with Crippen LogP contribution in [0.2, 0.25) is 44.8 Å². The number of aryl methyl sites for hydroxylation is 1. The van der Waals surface area contributed by atoms with Gasteiger partial charge in [-0.15, -0.1) is 0 Å². The topological polar surface area (TPSA) is 131 Å². The van der Waals surface area contributed by atoms with E-state index in [9.17, 15) is 5.11 Å². The van der Waals surface area contributed by atoms with Crippen molar-refractivity contribution in [3.8, 4) is 16.9 Å². The van der Waals surface area contributed by atoms with Crippen molar-refractivity contribution in [2.24, 2.45) is 0 Å². The van der Waals surface area contributed by atoms with Gasteiger partial charge in [-0.05, 0) is 189 Å². The van der Waals surface area contributed by atoms with E-state index in [1.165, 1.54) is 38.9 Å². The smallest absolute Gasteiger partial charge is 0.482 e. The molecule has 0 unspecified atom stereocenters. The Balaban J connectivity index is 0.792. The molecule has 0 atom stereocenters. The molecule has 0 aromatic heterocycles. The molecule has 5 aromatic rings. The van der Waals surface area contributed by atoms with Crippen molar-refractivity contribution in [3.05, 3.63) is 157 Å². The van der Waals surface area contributed by atoms with Crippen LogP contribution in [0.25, 0.3) is 11.1 Å². The minimum Gasteiger partial charge on any atom is -0.508 e. The van der Waals surface area contributed by atoms with Gasteiger partial charge in [-0.2, -0.15) is 0 Å². The summed E-state index contributed by atoms with van der Waals surface area (Å²) in [5.74, 6) is 0.244. The highest BCUT2D eigenvalue weighted by Crippen LogP contribution is 2.67. The molecule has 6 heterocycles. The number of hydrogen-bond acceptors (Lipinski definition) is 13. The highest BCUT2D eigenvalue weighted by atomic mass is 79.9. The van der Waals surface area contributed by atoms with Crippen LogP contribution in [0, 0.1) is 0 Å². The average molecular weight is 1510 g/mol. The lowest BCUT2D eigenvalue weighted by molar-refractivity contribution is -0.0457. The van der Waals surface area contributed by atoms with Crippen molar-refractivity contribution in [1.29, 1.82) is 0 Å². The summed E-state index contributed by atoms with van der Waals surface area (Å²) >= 11 is 7.76. The molecule has 7 saturated carbocycles. The fourth-order valence-corrected chi connectivity index (χ4v) is 76.7. The van der Waals surface area contributed by atoms with Gasteiger partial charge >= 0.3 is 70.4 Å². The molecule has 5 aromatic carbocycles. The largest absolute Gasteiger partial charge is 0.508 e. The number of hydrogen-bond donors (Lipinski definition) is 1. The molecule has 0 radical (unpaired) electrons. The zero-order chi connectivity index (χ0) is 61.6. The van der Waals surface area contributed by atoms with E-state index < -0.39 is 75.9 Å². The van der Waals surface area contributed by atoms with Crippen LogP contribution in [-0.2, 0) is 67.6 Å². The average Bonchev–Trinajstić information content (AvgIpc) is 0.847. The molecule has 8 aliphatic carbocycles. The van der Waals surface area contributed by atoms with Crippen LogP contribution < -0.4 is 0 Å². The maximum atomic E-state index is 10.7. The number of halogens is 2. The summed E-state index contributed by atoms with van der Waals surface area (Å²) < 4.78 is 107. The maximum Gasteiger partial charge on any atom is 0.482 e. The zero-order valence-electron chi connectivity index (χ0n) is 53.0.